The van der Waals surface area contributed by atoms with Gasteiger partial charge in [0.1, 0.15) is 6.61 Å². The molecular weight excluding hydrogens is 436 g/mol. The highest BCUT2D eigenvalue weighted by Crippen LogP contribution is 2.44. The highest BCUT2D eigenvalue weighted by molar-refractivity contribution is 5.79. The third-order valence-corrected chi connectivity index (χ3v) is 6.78. The minimum atomic E-state index is -1.63. The lowest BCUT2D eigenvalue weighted by atomic mass is 9.82. The monoisotopic (exact) mass is 466 g/mol. The van der Waals surface area contributed by atoms with Gasteiger partial charge in [-0.25, -0.2) is 9.59 Å². The van der Waals surface area contributed by atoms with Crippen LogP contribution in [0.25, 0.3) is 11.1 Å². The predicted octanol–water partition coefficient (Wildman–Crippen LogP) is 3.04. The van der Waals surface area contributed by atoms with Gasteiger partial charge in [-0.2, -0.15) is 0 Å². The molecule has 4 rings (SSSR count). The molecule has 4 N–H and O–H groups in total. The largest absolute Gasteiger partial charge is 0.479 e. The van der Waals surface area contributed by atoms with E-state index in [0.29, 0.717) is 0 Å². The van der Waals surface area contributed by atoms with E-state index in [1.54, 1.807) is 0 Å². The van der Waals surface area contributed by atoms with Crippen molar-refractivity contribution in [1.82, 2.24) is 10.6 Å². The molecule has 0 radical (unpaired) electrons. The highest BCUT2D eigenvalue weighted by atomic mass is 16.5. The fraction of sp³-hybridized carbons (Fsp3) is 0.423. The number of fused-ring (bicyclic) bond motifs is 3. The number of hydrogen-bond donors (Lipinski definition) is 4. The van der Waals surface area contributed by atoms with Crippen LogP contribution >= 0.6 is 0 Å². The Balaban J connectivity index is 1.32. The van der Waals surface area contributed by atoms with E-state index in [4.69, 9.17) is 9.84 Å². The van der Waals surface area contributed by atoms with Crippen molar-refractivity contribution in [2.75, 3.05) is 13.2 Å². The van der Waals surface area contributed by atoms with Crippen molar-refractivity contribution in [2.45, 2.75) is 50.2 Å². The summed E-state index contributed by atoms with van der Waals surface area (Å²) in [5.74, 6) is -1.82. The van der Waals surface area contributed by atoms with E-state index in [-0.39, 0.29) is 43.4 Å². The van der Waals surface area contributed by atoms with Gasteiger partial charge in [-0.15, -0.1) is 0 Å². The molecule has 0 aliphatic heterocycles. The normalized spacial score (nSPS) is 20.0. The Labute approximate surface area is 198 Å². The zero-order chi connectivity index (χ0) is 24.1. The third kappa shape index (κ3) is 5.39. The average Bonchev–Trinajstić information content (AvgIpc) is 3.16. The third-order valence-electron chi connectivity index (χ3n) is 6.78. The van der Waals surface area contributed by atoms with Crippen LogP contribution in [0.1, 0.15) is 49.1 Å². The number of nitrogens with one attached hydrogen (secondary N) is 2. The zero-order valence-corrected chi connectivity index (χ0v) is 18.9. The lowest BCUT2D eigenvalue weighted by Gasteiger charge is -2.31. The number of amides is 2. The molecular formula is C26H30N2O6. The maximum atomic E-state index is 12.7. The molecule has 180 valence electrons. The van der Waals surface area contributed by atoms with Crippen molar-refractivity contribution >= 4 is 18.0 Å². The lowest BCUT2D eigenvalue weighted by Crippen LogP contribution is -2.45. The first-order chi connectivity index (χ1) is 16.4. The van der Waals surface area contributed by atoms with Crippen molar-refractivity contribution in [3.63, 3.8) is 0 Å². The Bertz CT molecular complexity index is 1010. The Morgan fingerprint density at radius 2 is 1.59 bits per heavy atom. The van der Waals surface area contributed by atoms with Crippen molar-refractivity contribution in [3.8, 4) is 11.1 Å². The summed E-state index contributed by atoms with van der Waals surface area (Å²) >= 11 is 0. The van der Waals surface area contributed by atoms with Gasteiger partial charge >= 0.3 is 12.1 Å². The fourth-order valence-corrected chi connectivity index (χ4v) is 5.04. The Morgan fingerprint density at radius 3 is 2.24 bits per heavy atom. The van der Waals surface area contributed by atoms with Gasteiger partial charge < -0.3 is 25.6 Å². The maximum Gasteiger partial charge on any atom is 0.407 e. The van der Waals surface area contributed by atoms with Gasteiger partial charge in [-0.05, 0) is 41.0 Å². The van der Waals surface area contributed by atoms with Crippen LogP contribution in [-0.2, 0) is 14.3 Å². The van der Waals surface area contributed by atoms with Crippen molar-refractivity contribution in [2.24, 2.45) is 5.92 Å². The number of benzene rings is 2. The first kappa shape index (κ1) is 23.8. The van der Waals surface area contributed by atoms with Gasteiger partial charge in [0.25, 0.3) is 0 Å². The maximum absolute atomic E-state index is 12.7. The van der Waals surface area contributed by atoms with Crippen LogP contribution in [0.2, 0.25) is 0 Å². The molecule has 2 aromatic carbocycles. The van der Waals surface area contributed by atoms with Gasteiger partial charge in [0.05, 0.1) is 6.54 Å². The van der Waals surface area contributed by atoms with Crippen LogP contribution in [0.4, 0.5) is 4.79 Å². The van der Waals surface area contributed by atoms with E-state index >= 15 is 0 Å². The van der Waals surface area contributed by atoms with E-state index < -0.39 is 18.2 Å². The number of hydrogen-bond acceptors (Lipinski definition) is 5. The first-order valence-corrected chi connectivity index (χ1v) is 11.7. The SMILES string of the molecule is O=C(C[C@@H]1CCCC[C@@H]1NC(=O)OCC1c2ccccc2-c2ccccc21)NC[C@H](O)C(=O)O. The molecule has 2 aliphatic rings. The van der Waals surface area contributed by atoms with Crippen molar-refractivity contribution < 1.29 is 29.3 Å². The second-order valence-corrected chi connectivity index (χ2v) is 8.98. The summed E-state index contributed by atoms with van der Waals surface area (Å²) in [7, 11) is 0. The molecule has 8 heteroatoms. The number of carboxylic acids is 1. The van der Waals surface area contributed by atoms with E-state index in [1.807, 2.05) is 24.3 Å². The number of rotatable bonds is 8. The van der Waals surface area contributed by atoms with Crippen LogP contribution in [0.5, 0.6) is 0 Å². The van der Waals surface area contributed by atoms with Gasteiger partial charge in [0, 0.05) is 18.4 Å². The van der Waals surface area contributed by atoms with Crippen LogP contribution in [0.3, 0.4) is 0 Å². The summed E-state index contributed by atoms with van der Waals surface area (Å²) < 4.78 is 5.65. The van der Waals surface area contributed by atoms with Gasteiger partial charge in [-0.3, -0.25) is 4.79 Å². The number of carbonyl (C=O) groups excluding carboxylic acids is 2. The quantitative estimate of drug-likeness (QED) is 0.474. The molecule has 3 atom stereocenters. The summed E-state index contributed by atoms with van der Waals surface area (Å²) in [4.78, 5) is 35.6. The average molecular weight is 467 g/mol. The summed E-state index contributed by atoms with van der Waals surface area (Å²) in [5.41, 5.74) is 4.62. The molecule has 2 amide bonds. The molecule has 0 spiro atoms. The number of carboxylic acid groups (broad SMARTS) is 1. The minimum absolute atomic E-state index is 0.0215. The van der Waals surface area contributed by atoms with Crippen LogP contribution in [-0.4, -0.2) is 53.5 Å². The van der Waals surface area contributed by atoms with Crippen LogP contribution in [0, 0.1) is 5.92 Å². The topological polar surface area (TPSA) is 125 Å². The number of aliphatic hydroxyl groups excluding tert-OH is 1. The highest BCUT2D eigenvalue weighted by Gasteiger charge is 2.31. The smallest absolute Gasteiger partial charge is 0.407 e. The van der Waals surface area contributed by atoms with Gasteiger partial charge in [0.2, 0.25) is 5.91 Å². The fourth-order valence-electron chi connectivity index (χ4n) is 5.04. The van der Waals surface area contributed by atoms with E-state index in [1.165, 1.54) is 11.1 Å². The van der Waals surface area contributed by atoms with Crippen LogP contribution in [0.15, 0.2) is 48.5 Å². The number of ether oxygens (including phenoxy) is 1. The number of aliphatic hydroxyl groups is 1. The summed E-state index contributed by atoms with van der Waals surface area (Å²) in [5, 5.41) is 23.5. The Kier molecular flexibility index (Phi) is 7.47. The molecule has 0 aromatic heterocycles. The summed E-state index contributed by atoms with van der Waals surface area (Å²) in [6, 6.07) is 16.1. The second kappa shape index (κ2) is 10.7. The molecule has 34 heavy (non-hydrogen) atoms. The Morgan fingerprint density at radius 1 is 0.971 bits per heavy atom. The lowest BCUT2D eigenvalue weighted by molar-refractivity contribution is -0.146. The summed E-state index contributed by atoms with van der Waals surface area (Å²) in [6.45, 7) is -0.115. The van der Waals surface area contributed by atoms with E-state index in [0.717, 1.165) is 36.8 Å². The van der Waals surface area contributed by atoms with Gasteiger partial charge in [0.15, 0.2) is 6.10 Å². The molecule has 8 nitrogen and oxygen atoms in total. The number of aliphatic carboxylic acids is 1. The summed E-state index contributed by atoms with van der Waals surface area (Å²) in [6.07, 6.45) is 1.46. The molecule has 2 aliphatic carbocycles. The first-order valence-electron chi connectivity index (χ1n) is 11.7. The van der Waals surface area contributed by atoms with Crippen molar-refractivity contribution in [1.29, 1.82) is 0 Å². The number of carbonyl (C=O) groups is 3. The molecule has 0 unspecified atom stereocenters. The second-order valence-electron chi connectivity index (χ2n) is 8.98. The number of alkyl carbamates (subject to hydrolysis) is 1. The molecule has 1 saturated carbocycles. The molecule has 0 saturated heterocycles. The Hall–Kier alpha value is -3.39. The molecule has 0 bridgehead atoms. The van der Waals surface area contributed by atoms with E-state index in [9.17, 15) is 19.5 Å². The molecule has 2 aromatic rings. The van der Waals surface area contributed by atoms with Gasteiger partial charge in [-0.1, -0.05) is 61.4 Å². The zero-order valence-electron chi connectivity index (χ0n) is 18.9. The van der Waals surface area contributed by atoms with Crippen molar-refractivity contribution in [3.05, 3.63) is 59.7 Å². The molecule has 0 heterocycles. The molecule has 1 fully saturated rings. The standard InChI is InChI=1S/C26H30N2O6/c29-23(25(31)32)14-27-24(30)13-16-7-1-6-12-22(16)28-26(33)34-15-21-19-10-4-2-8-17(19)18-9-3-5-11-20(18)21/h2-5,8-11,16,21-23,29H,1,6-7,12-15H2,(H,27,30)(H,28,33)(H,31,32)/t16-,22-,23-/m0/s1. The van der Waals surface area contributed by atoms with Crippen LogP contribution < -0.4 is 10.6 Å². The minimum Gasteiger partial charge on any atom is -0.479 e. The van der Waals surface area contributed by atoms with E-state index in [2.05, 4.69) is 34.9 Å². The predicted molar refractivity (Wildman–Crippen MR) is 125 cm³/mol.